The number of hydrogen-bond donors (Lipinski definition) is 0. The molecule has 3 rings (SSSR count). The molecule has 0 atom stereocenters. The van der Waals surface area contributed by atoms with Crippen LogP contribution in [0.3, 0.4) is 0 Å². The van der Waals surface area contributed by atoms with E-state index in [-0.39, 0.29) is 21.1 Å². The van der Waals surface area contributed by atoms with Gasteiger partial charge in [-0.15, -0.1) is 0 Å². The van der Waals surface area contributed by atoms with E-state index in [4.69, 9.17) is 4.42 Å². The number of oxazole rings is 1. The Morgan fingerprint density at radius 3 is 2.65 bits per heavy atom. The van der Waals surface area contributed by atoms with Crippen LogP contribution in [0.25, 0.3) is 22.0 Å². The van der Waals surface area contributed by atoms with E-state index in [2.05, 4.69) is 16.2 Å². The van der Waals surface area contributed by atoms with Crippen molar-refractivity contribution in [3.63, 3.8) is 0 Å². The average Bonchev–Trinajstić information content (AvgIpc) is 2.72. The van der Waals surface area contributed by atoms with E-state index in [0.29, 0.717) is 11.4 Å². The number of pyridine rings is 1. The van der Waals surface area contributed by atoms with E-state index in [1.165, 1.54) is 0 Å². The molecule has 3 aromatic rings. The molecule has 0 aliphatic heterocycles. The fourth-order valence-corrected chi connectivity index (χ4v) is 1.56. The third-order valence-corrected chi connectivity index (χ3v) is 2.17. The Morgan fingerprint density at radius 1 is 1.18 bits per heavy atom. The number of hydrogen-bond acceptors (Lipinski definition) is 3. The molecule has 2 heterocycles. The minimum absolute atomic E-state index is 0. The number of rotatable bonds is 0. The van der Waals surface area contributed by atoms with Gasteiger partial charge in [0.1, 0.15) is 0 Å². The minimum Gasteiger partial charge on any atom is -0.503 e. The van der Waals surface area contributed by atoms with Gasteiger partial charge in [0.2, 0.25) is 0 Å². The number of nitrogens with zero attached hydrogens (tertiary/aromatic N) is 2. The smallest absolute Gasteiger partial charge is 0.176 e. The van der Waals surface area contributed by atoms with Crippen LogP contribution < -0.4 is 0 Å². The molecule has 0 aliphatic rings. The first kappa shape index (κ1) is 13.9. The van der Waals surface area contributed by atoms with E-state index in [1.54, 1.807) is 0 Å². The Kier molecular flexibility index (Phi) is 4.83. The second-order valence-corrected chi connectivity index (χ2v) is 3.15. The Morgan fingerprint density at radius 2 is 1.88 bits per heavy atom. The van der Waals surface area contributed by atoms with Gasteiger partial charge in [-0.05, 0) is 11.7 Å². The Bertz CT molecular complexity index is 619. The summed E-state index contributed by atoms with van der Waals surface area (Å²) in [6.45, 7) is 5.82. The van der Waals surface area contributed by atoms with Crippen LogP contribution in [-0.4, -0.2) is 9.97 Å². The van der Waals surface area contributed by atoms with Crippen molar-refractivity contribution in [2.75, 3.05) is 0 Å². The molecular weight excluding hydrogens is 384 g/mol. The third kappa shape index (κ3) is 2.55. The first-order chi connectivity index (χ1) is 7.84. The summed E-state index contributed by atoms with van der Waals surface area (Å²) >= 11 is 0. The standard InChI is InChI=1S/C11H7N2O.C2H6.W/c1-7-13-10-6-12-9-5-3-2-4-8(9)11(10)14-7;1-2;/h2-5H,1H3;1-2H3;/q-1;;. The predicted octanol–water partition coefficient (Wildman–Crippen LogP) is 3.51. The van der Waals surface area contributed by atoms with Crippen molar-refractivity contribution in [2.24, 2.45) is 0 Å². The van der Waals surface area contributed by atoms with Crippen LogP contribution in [0.5, 0.6) is 0 Å². The monoisotopic (exact) mass is 397 g/mol. The van der Waals surface area contributed by atoms with Crippen molar-refractivity contribution in [2.45, 2.75) is 20.8 Å². The zero-order valence-corrected chi connectivity index (χ0v) is 13.0. The van der Waals surface area contributed by atoms with E-state index in [1.807, 2.05) is 45.0 Å². The van der Waals surface area contributed by atoms with E-state index < -0.39 is 0 Å². The van der Waals surface area contributed by atoms with Crippen LogP contribution in [-0.2, 0) is 21.1 Å². The minimum atomic E-state index is 0. The first-order valence-corrected chi connectivity index (χ1v) is 5.38. The molecule has 0 bridgehead atoms. The molecule has 0 unspecified atom stereocenters. The van der Waals surface area contributed by atoms with Crippen molar-refractivity contribution < 1.29 is 25.5 Å². The zero-order chi connectivity index (χ0) is 11.5. The Labute approximate surface area is 115 Å². The van der Waals surface area contributed by atoms with Gasteiger partial charge in [-0.1, -0.05) is 43.5 Å². The zero-order valence-electron chi connectivity index (χ0n) is 10.0. The maximum Gasteiger partial charge on any atom is 0.176 e. The van der Waals surface area contributed by atoms with Gasteiger partial charge < -0.3 is 9.40 Å². The summed E-state index contributed by atoms with van der Waals surface area (Å²) in [5.74, 6) is 0.648. The van der Waals surface area contributed by atoms with Crippen molar-refractivity contribution in [1.82, 2.24) is 9.97 Å². The summed E-state index contributed by atoms with van der Waals surface area (Å²) in [5.41, 5.74) is 2.35. The number of aromatic nitrogens is 2. The van der Waals surface area contributed by atoms with E-state index in [9.17, 15) is 0 Å². The molecular formula is C13H13N2OW-. The SMILES string of the molecule is CC.Cc1nc2[c-]nc3ccccc3c2o1.[W]. The van der Waals surface area contributed by atoms with Crippen LogP contribution >= 0.6 is 0 Å². The number of aryl methyl sites for hydroxylation is 1. The molecule has 1 aromatic carbocycles. The molecule has 0 saturated heterocycles. The molecule has 0 N–H and O–H groups in total. The summed E-state index contributed by atoms with van der Waals surface area (Å²) < 4.78 is 5.50. The average molecular weight is 397 g/mol. The summed E-state index contributed by atoms with van der Waals surface area (Å²) in [6, 6.07) is 7.81. The van der Waals surface area contributed by atoms with Crippen molar-refractivity contribution >= 4 is 22.0 Å². The van der Waals surface area contributed by atoms with Gasteiger partial charge in [-0.25, -0.2) is 4.98 Å². The fraction of sp³-hybridized carbons (Fsp3) is 0.231. The molecule has 0 aliphatic carbocycles. The molecule has 0 saturated carbocycles. The van der Waals surface area contributed by atoms with Gasteiger partial charge in [0, 0.05) is 33.5 Å². The molecule has 4 heteroatoms. The topological polar surface area (TPSA) is 38.9 Å². The van der Waals surface area contributed by atoms with Crippen molar-refractivity contribution in [3.8, 4) is 0 Å². The van der Waals surface area contributed by atoms with Crippen LogP contribution in [0.4, 0.5) is 0 Å². The molecule has 17 heavy (non-hydrogen) atoms. The maximum absolute atomic E-state index is 5.50. The largest absolute Gasteiger partial charge is 0.503 e. The van der Waals surface area contributed by atoms with Gasteiger partial charge >= 0.3 is 0 Å². The van der Waals surface area contributed by atoms with Crippen molar-refractivity contribution in [3.05, 3.63) is 36.4 Å². The molecule has 88 valence electrons. The number of para-hydroxylation sites is 1. The first-order valence-electron chi connectivity index (χ1n) is 5.38. The van der Waals surface area contributed by atoms with Crippen LogP contribution in [0.15, 0.2) is 28.7 Å². The molecule has 0 radical (unpaired) electrons. The van der Waals surface area contributed by atoms with E-state index >= 15 is 0 Å². The molecule has 2 aromatic heterocycles. The molecule has 0 fully saturated rings. The normalized spacial score (nSPS) is 9.59. The molecule has 3 nitrogen and oxygen atoms in total. The quantitative estimate of drug-likeness (QED) is 0.546. The predicted molar refractivity (Wildman–Crippen MR) is 64.2 cm³/mol. The summed E-state index contributed by atoms with van der Waals surface area (Å²) in [7, 11) is 0. The summed E-state index contributed by atoms with van der Waals surface area (Å²) in [5, 5.41) is 0.988. The summed E-state index contributed by atoms with van der Waals surface area (Å²) in [6.07, 6.45) is 2.86. The maximum atomic E-state index is 5.50. The van der Waals surface area contributed by atoms with Gasteiger partial charge in [-0.3, -0.25) is 0 Å². The van der Waals surface area contributed by atoms with Crippen LogP contribution in [0.2, 0.25) is 0 Å². The number of benzene rings is 1. The van der Waals surface area contributed by atoms with Crippen molar-refractivity contribution in [1.29, 1.82) is 0 Å². The molecule has 0 amide bonds. The number of fused-ring (bicyclic) bond motifs is 3. The Hall–Kier alpha value is -1.21. The fourth-order valence-electron chi connectivity index (χ4n) is 1.56. The van der Waals surface area contributed by atoms with Gasteiger partial charge in [0.15, 0.2) is 5.89 Å². The third-order valence-electron chi connectivity index (χ3n) is 2.17. The van der Waals surface area contributed by atoms with Gasteiger partial charge in [0.25, 0.3) is 0 Å². The van der Waals surface area contributed by atoms with Gasteiger partial charge in [-0.2, -0.15) is 0 Å². The van der Waals surface area contributed by atoms with Crippen LogP contribution in [0, 0.1) is 13.1 Å². The second-order valence-electron chi connectivity index (χ2n) is 3.15. The summed E-state index contributed by atoms with van der Waals surface area (Å²) in [4.78, 5) is 8.35. The second kappa shape index (κ2) is 5.92. The van der Waals surface area contributed by atoms with E-state index in [0.717, 1.165) is 16.5 Å². The van der Waals surface area contributed by atoms with Gasteiger partial charge in [0.05, 0.1) is 5.58 Å². The Balaban J connectivity index is 0.000000459. The van der Waals surface area contributed by atoms with Crippen LogP contribution in [0.1, 0.15) is 19.7 Å². The molecule has 0 spiro atoms.